The third kappa shape index (κ3) is 4.58. The zero-order valence-electron chi connectivity index (χ0n) is 17.5. The van der Waals surface area contributed by atoms with Gasteiger partial charge in [0.05, 0.1) is 5.69 Å². The molecule has 0 saturated carbocycles. The van der Waals surface area contributed by atoms with E-state index in [0.717, 1.165) is 54.5 Å². The van der Waals surface area contributed by atoms with Crippen LogP contribution in [0.15, 0.2) is 28.7 Å². The van der Waals surface area contributed by atoms with Crippen molar-refractivity contribution in [2.24, 2.45) is 5.92 Å². The molecule has 1 N–H and O–H groups in total. The molecular formula is C23H31BrN4O. The minimum absolute atomic E-state index is 0.0152. The molecule has 1 unspecified atom stereocenters. The van der Waals surface area contributed by atoms with Crippen LogP contribution in [0, 0.1) is 5.92 Å². The second-order valence-electron chi connectivity index (χ2n) is 8.68. The van der Waals surface area contributed by atoms with Crippen molar-refractivity contribution in [1.82, 2.24) is 20.0 Å². The number of aromatic nitrogens is 2. The summed E-state index contributed by atoms with van der Waals surface area (Å²) in [4.78, 5) is 15.6. The molecule has 0 bridgehead atoms. The largest absolute Gasteiger partial charge is 0.350 e. The number of hydrogen-bond acceptors (Lipinski definition) is 3. The minimum Gasteiger partial charge on any atom is -0.350 e. The minimum atomic E-state index is -0.0152. The van der Waals surface area contributed by atoms with Gasteiger partial charge in [-0.25, -0.2) is 4.68 Å². The highest BCUT2D eigenvalue weighted by atomic mass is 79.9. The van der Waals surface area contributed by atoms with Crippen LogP contribution in [-0.4, -0.2) is 46.3 Å². The number of carbonyl (C=O) groups is 1. The summed E-state index contributed by atoms with van der Waals surface area (Å²) < 4.78 is 3.00. The number of halogens is 1. The van der Waals surface area contributed by atoms with E-state index in [1.54, 1.807) is 0 Å². The highest BCUT2D eigenvalue weighted by Crippen LogP contribution is 2.28. The van der Waals surface area contributed by atoms with E-state index in [4.69, 9.17) is 5.10 Å². The summed E-state index contributed by atoms with van der Waals surface area (Å²) in [6, 6.07) is 8.71. The van der Waals surface area contributed by atoms with E-state index >= 15 is 0 Å². The number of nitrogens with zero attached hydrogens (tertiary/aromatic N) is 3. The SMILES string of the molecule is CC(C)N1CCCC(CNC(=O)c2nn(-c3cccc(Br)c3)c3c2CCCC3)C1. The highest BCUT2D eigenvalue weighted by molar-refractivity contribution is 9.10. The normalized spacial score (nSPS) is 19.9. The van der Waals surface area contributed by atoms with Gasteiger partial charge in [0, 0.05) is 34.9 Å². The average Bonchev–Trinajstić information content (AvgIpc) is 3.12. The van der Waals surface area contributed by atoms with Gasteiger partial charge in [-0.2, -0.15) is 5.10 Å². The molecule has 5 nitrogen and oxygen atoms in total. The van der Waals surface area contributed by atoms with Gasteiger partial charge in [-0.05, 0) is 83.0 Å². The first-order valence-corrected chi connectivity index (χ1v) is 11.7. The Balaban J connectivity index is 1.51. The van der Waals surface area contributed by atoms with Crippen molar-refractivity contribution >= 4 is 21.8 Å². The van der Waals surface area contributed by atoms with Crippen LogP contribution in [0.4, 0.5) is 0 Å². The number of carbonyl (C=O) groups excluding carboxylic acids is 1. The van der Waals surface area contributed by atoms with Crippen LogP contribution in [0.1, 0.15) is 61.3 Å². The second-order valence-corrected chi connectivity index (χ2v) is 9.60. The van der Waals surface area contributed by atoms with E-state index in [-0.39, 0.29) is 5.91 Å². The van der Waals surface area contributed by atoms with Crippen molar-refractivity contribution in [3.63, 3.8) is 0 Å². The number of piperidine rings is 1. The molecule has 6 heteroatoms. The van der Waals surface area contributed by atoms with Gasteiger partial charge in [-0.15, -0.1) is 0 Å². The van der Waals surface area contributed by atoms with E-state index in [0.29, 0.717) is 17.7 Å². The van der Waals surface area contributed by atoms with Crippen molar-refractivity contribution < 1.29 is 4.79 Å². The lowest BCUT2D eigenvalue weighted by Crippen LogP contribution is -2.43. The monoisotopic (exact) mass is 458 g/mol. The summed E-state index contributed by atoms with van der Waals surface area (Å²) in [5, 5.41) is 7.99. The topological polar surface area (TPSA) is 50.2 Å². The number of likely N-dealkylation sites (tertiary alicyclic amines) is 1. The molecule has 156 valence electrons. The number of nitrogens with one attached hydrogen (secondary N) is 1. The molecule has 1 aliphatic carbocycles. The van der Waals surface area contributed by atoms with E-state index in [2.05, 4.69) is 52.1 Å². The molecule has 1 aliphatic heterocycles. The Bertz CT molecular complexity index is 876. The van der Waals surface area contributed by atoms with Crippen molar-refractivity contribution in [1.29, 1.82) is 0 Å². The maximum atomic E-state index is 13.1. The van der Waals surface area contributed by atoms with Gasteiger partial charge in [-0.1, -0.05) is 22.0 Å². The Hall–Kier alpha value is -1.66. The lowest BCUT2D eigenvalue weighted by Gasteiger charge is -2.35. The third-order valence-corrected chi connectivity index (χ3v) is 6.77. The molecule has 1 aromatic carbocycles. The van der Waals surface area contributed by atoms with Gasteiger partial charge >= 0.3 is 0 Å². The van der Waals surface area contributed by atoms with Crippen molar-refractivity contribution in [2.45, 2.75) is 58.4 Å². The number of hydrogen-bond donors (Lipinski definition) is 1. The molecule has 2 aliphatic rings. The predicted molar refractivity (Wildman–Crippen MR) is 120 cm³/mol. The fraction of sp³-hybridized carbons (Fsp3) is 0.565. The standard InChI is InChI=1S/C23H31BrN4O/c1-16(2)27-12-6-7-17(15-27)14-25-23(29)22-20-10-3-4-11-21(20)28(26-22)19-9-5-8-18(24)13-19/h5,8-9,13,16-17H,3-4,6-7,10-12,14-15H2,1-2H3,(H,25,29). The quantitative estimate of drug-likeness (QED) is 0.723. The first-order chi connectivity index (χ1) is 14.0. The fourth-order valence-electron chi connectivity index (χ4n) is 4.66. The number of amides is 1. The fourth-order valence-corrected chi connectivity index (χ4v) is 5.04. The number of benzene rings is 1. The lowest BCUT2D eigenvalue weighted by molar-refractivity contribution is 0.0916. The summed E-state index contributed by atoms with van der Waals surface area (Å²) >= 11 is 3.55. The summed E-state index contributed by atoms with van der Waals surface area (Å²) in [5.41, 5.74) is 3.97. The van der Waals surface area contributed by atoms with Crippen LogP contribution in [0.5, 0.6) is 0 Å². The Morgan fingerprint density at radius 3 is 2.90 bits per heavy atom. The molecule has 1 amide bonds. The molecule has 2 aromatic rings. The van der Waals surface area contributed by atoms with Crippen molar-refractivity contribution in [2.75, 3.05) is 19.6 Å². The Morgan fingerprint density at radius 2 is 2.10 bits per heavy atom. The highest BCUT2D eigenvalue weighted by Gasteiger charge is 2.27. The molecule has 0 spiro atoms. The Kier molecular flexibility index (Phi) is 6.40. The molecular weight excluding hydrogens is 428 g/mol. The van der Waals surface area contributed by atoms with Crippen molar-refractivity contribution in [3.8, 4) is 5.69 Å². The van der Waals surface area contributed by atoms with E-state index in [1.807, 2.05) is 16.8 Å². The average molecular weight is 459 g/mol. The maximum absolute atomic E-state index is 13.1. The Morgan fingerprint density at radius 1 is 1.28 bits per heavy atom. The zero-order valence-corrected chi connectivity index (χ0v) is 19.0. The molecule has 1 atom stereocenters. The first kappa shape index (κ1) is 20.6. The molecule has 29 heavy (non-hydrogen) atoms. The molecule has 1 aromatic heterocycles. The van der Waals surface area contributed by atoms with Gasteiger partial charge in [0.15, 0.2) is 5.69 Å². The summed E-state index contributed by atoms with van der Waals surface area (Å²) in [6.07, 6.45) is 6.61. The van der Waals surface area contributed by atoms with Gasteiger partial charge < -0.3 is 10.2 Å². The van der Waals surface area contributed by atoms with Crippen LogP contribution in [-0.2, 0) is 12.8 Å². The van der Waals surface area contributed by atoms with E-state index < -0.39 is 0 Å². The van der Waals surface area contributed by atoms with Crippen LogP contribution < -0.4 is 5.32 Å². The molecule has 2 heterocycles. The Labute approximate surface area is 182 Å². The predicted octanol–water partition coefficient (Wildman–Crippen LogP) is 4.36. The first-order valence-electron chi connectivity index (χ1n) is 10.9. The van der Waals surface area contributed by atoms with Gasteiger partial charge in [0.1, 0.15) is 0 Å². The molecule has 0 radical (unpaired) electrons. The van der Waals surface area contributed by atoms with Crippen LogP contribution in [0.25, 0.3) is 5.69 Å². The summed E-state index contributed by atoms with van der Waals surface area (Å²) in [6.45, 7) is 7.49. The van der Waals surface area contributed by atoms with Crippen molar-refractivity contribution in [3.05, 3.63) is 45.7 Å². The van der Waals surface area contributed by atoms with Gasteiger partial charge in [-0.3, -0.25) is 4.79 Å². The smallest absolute Gasteiger partial charge is 0.272 e. The third-order valence-electron chi connectivity index (χ3n) is 6.28. The van der Waals surface area contributed by atoms with E-state index in [9.17, 15) is 4.79 Å². The molecule has 1 saturated heterocycles. The number of rotatable bonds is 5. The van der Waals surface area contributed by atoms with Gasteiger partial charge in [0.2, 0.25) is 0 Å². The van der Waals surface area contributed by atoms with Crippen LogP contribution in [0.3, 0.4) is 0 Å². The van der Waals surface area contributed by atoms with E-state index in [1.165, 1.54) is 25.1 Å². The second kappa shape index (κ2) is 9.00. The van der Waals surface area contributed by atoms with Crippen LogP contribution >= 0.6 is 15.9 Å². The van der Waals surface area contributed by atoms with Gasteiger partial charge in [0.25, 0.3) is 5.91 Å². The summed E-state index contributed by atoms with van der Waals surface area (Å²) in [5.74, 6) is 0.511. The lowest BCUT2D eigenvalue weighted by atomic mass is 9.95. The maximum Gasteiger partial charge on any atom is 0.272 e. The zero-order chi connectivity index (χ0) is 20.4. The van der Waals surface area contributed by atoms with Crippen LogP contribution in [0.2, 0.25) is 0 Å². The molecule has 1 fully saturated rings. The number of fused-ring (bicyclic) bond motifs is 1. The summed E-state index contributed by atoms with van der Waals surface area (Å²) in [7, 11) is 0. The molecule has 4 rings (SSSR count).